The molecule has 0 radical (unpaired) electrons. The molecule has 5 heteroatoms. The number of nitrogens with zero attached hydrogens (tertiary/aromatic N) is 2. The zero-order valence-electron chi connectivity index (χ0n) is 16.0. The number of benzene rings is 1. The molecule has 1 aliphatic heterocycles. The summed E-state index contributed by atoms with van der Waals surface area (Å²) in [6, 6.07) is 4.72. The highest BCUT2D eigenvalue weighted by molar-refractivity contribution is 5.69. The topological polar surface area (TPSA) is 58.8 Å². The van der Waals surface area contributed by atoms with E-state index in [-0.39, 0.29) is 12.1 Å². The molecule has 138 valence electrons. The molecule has 2 aliphatic rings. The van der Waals surface area contributed by atoms with E-state index in [9.17, 15) is 4.79 Å². The Labute approximate surface area is 151 Å². The fraction of sp³-hybridized carbons (Fsp3) is 0.650. The molecule has 0 aromatic heterocycles. The summed E-state index contributed by atoms with van der Waals surface area (Å²) in [4.78, 5) is 16.5. The van der Waals surface area contributed by atoms with Crippen LogP contribution in [0, 0.1) is 6.92 Å². The molecule has 25 heavy (non-hydrogen) atoms. The zero-order valence-corrected chi connectivity index (χ0v) is 16.0. The van der Waals surface area contributed by atoms with Crippen molar-refractivity contribution in [3.63, 3.8) is 0 Å². The second-order valence-electron chi connectivity index (χ2n) is 8.32. The lowest BCUT2D eigenvalue weighted by Gasteiger charge is -2.39. The first kappa shape index (κ1) is 18.1. The summed E-state index contributed by atoms with van der Waals surface area (Å²) in [6.45, 7) is 11.0. The standard InChI is InChI=1S/C20H31N3O2/c1-14-5-8-18(17-13-15(21)6-7-16(14)17)22-9-11-23(12-10-22)19(24)25-20(2,3)4/h5,8,15H,6-7,9-13,21H2,1-4H3. The molecule has 1 unspecified atom stereocenters. The second-order valence-corrected chi connectivity index (χ2v) is 8.32. The van der Waals surface area contributed by atoms with Crippen molar-refractivity contribution in [1.82, 2.24) is 4.90 Å². The van der Waals surface area contributed by atoms with E-state index in [1.807, 2.05) is 25.7 Å². The van der Waals surface area contributed by atoms with Crippen molar-refractivity contribution in [1.29, 1.82) is 0 Å². The van der Waals surface area contributed by atoms with Gasteiger partial charge in [-0.1, -0.05) is 6.07 Å². The lowest BCUT2D eigenvalue weighted by Crippen LogP contribution is -2.50. The summed E-state index contributed by atoms with van der Waals surface area (Å²) in [5.41, 5.74) is 11.4. The minimum Gasteiger partial charge on any atom is -0.444 e. The number of ether oxygens (including phenoxy) is 1. The second kappa shape index (κ2) is 6.87. The highest BCUT2D eigenvalue weighted by atomic mass is 16.6. The Kier molecular flexibility index (Phi) is 4.96. The predicted octanol–water partition coefficient (Wildman–Crippen LogP) is 2.87. The number of nitrogens with two attached hydrogens (primary N) is 1. The minimum absolute atomic E-state index is 0.208. The summed E-state index contributed by atoms with van der Waals surface area (Å²) < 4.78 is 5.49. The molecule has 1 aliphatic carbocycles. The Hall–Kier alpha value is -1.75. The van der Waals surface area contributed by atoms with Crippen molar-refractivity contribution in [3.05, 3.63) is 28.8 Å². The number of aryl methyl sites for hydroxylation is 1. The van der Waals surface area contributed by atoms with Gasteiger partial charge in [0.15, 0.2) is 0 Å². The third-order valence-corrected chi connectivity index (χ3v) is 5.14. The highest BCUT2D eigenvalue weighted by Crippen LogP contribution is 2.33. The smallest absolute Gasteiger partial charge is 0.410 e. The Bertz CT molecular complexity index is 643. The monoisotopic (exact) mass is 345 g/mol. The lowest BCUT2D eigenvalue weighted by atomic mass is 9.84. The van der Waals surface area contributed by atoms with Crippen LogP contribution in [0.25, 0.3) is 0 Å². The molecular formula is C20H31N3O2. The van der Waals surface area contributed by atoms with E-state index in [2.05, 4.69) is 24.0 Å². The molecule has 0 spiro atoms. The lowest BCUT2D eigenvalue weighted by molar-refractivity contribution is 0.0240. The third-order valence-electron chi connectivity index (χ3n) is 5.14. The maximum atomic E-state index is 12.2. The molecule has 0 bridgehead atoms. The normalized spacial score (nSPS) is 21.1. The van der Waals surface area contributed by atoms with Gasteiger partial charge < -0.3 is 20.3 Å². The molecular weight excluding hydrogens is 314 g/mol. The first-order valence-corrected chi connectivity index (χ1v) is 9.34. The minimum atomic E-state index is -0.444. The summed E-state index contributed by atoms with van der Waals surface area (Å²) in [7, 11) is 0. The van der Waals surface area contributed by atoms with Crippen LogP contribution < -0.4 is 10.6 Å². The fourth-order valence-corrected chi connectivity index (χ4v) is 3.82. The van der Waals surface area contributed by atoms with Crippen LogP contribution in [-0.2, 0) is 17.6 Å². The fourth-order valence-electron chi connectivity index (χ4n) is 3.82. The van der Waals surface area contributed by atoms with Gasteiger partial charge in [-0.2, -0.15) is 0 Å². The van der Waals surface area contributed by atoms with Crippen molar-refractivity contribution in [2.24, 2.45) is 5.73 Å². The largest absolute Gasteiger partial charge is 0.444 e. The van der Waals surface area contributed by atoms with Crippen molar-refractivity contribution in [2.45, 2.75) is 58.6 Å². The first-order chi connectivity index (χ1) is 11.7. The average Bonchev–Trinajstić information content (AvgIpc) is 2.54. The number of carbonyl (C=O) groups is 1. The molecule has 1 aromatic carbocycles. The van der Waals surface area contributed by atoms with Gasteiger partial charge in [0, 0.05) is 37.9 Å². The van der Waals surface area contributed by atoms with E-state index in [0.29, 0.717) is 13.1 Å². The Morgan fingerprint density at radius 1 is 1.16 bits per heavy atom. The molecule has 5 nitrogen and oxygen atoms in total. The van der Waals surface area contributed by atoms with Gasteiger partial charge in [-0.15, -0.1) is 0 Å². The van der Waals surface area contributed by atoms with E-state index in [1.165, 1.54) is 22.4 Å². The Morgan fingerprint density at radius 3 is 2.48 bits per heavy atom. The number of rotatable bonds is 1. The summed E-state index contributed by atoms with van der Waals surface area (Å²) in [5, 5.41) is 0. The number of anilines is 1. The summed E-state index contributed by atoms with van der Waals surface area (Å²) in [5.74, 6) is 0. The molecule has 1 saturated heterocycles. The van der Waals surface area contributed by atoms with Crippen molar-refractivity contribution < 1.29 is 9.53 Å². The number of amides is 1. The van der Waals surface area contributed by atoms with Crippen molar-refractivity contribution in [2.75, 3.05) is 31.1 Å². The number of piperazine rings is 1. The van der Waals surface area contributed by atoms with Crippen LogP contribution in [0.1, 0.15) is 43.9 Å². The predicted molar refractivity (Wildman–Crippen MR) is 101 cm³/mol. The van der Waals surface area contributed by atoms with Gasteiger partial charge >= 0.3 is 6.09 Å². The van der Waals surface area contributed by atoms with E-state index < -0.39 is 5.60 Å². The van der Waals surface area contributed by atoms with Crippen LogP contribution in [0.5, 0.6) is 0 Å². The maximum Gasteiger partial charge on any atom is 0.410 e. The molecule has 1 heterocycles. The summed E-state index contributed by atoms with van der Waals surface area (Å²) in [6.07, 6.45) is 2.90. The molecule has 2 N–H and O–H groups in total. The number of fused-ring (bicyclic) bond motifs is 1. The number of hydrogen-bond acceptors (Lipinski definition) is 4. The van der Waals surface area contributed by atoms with Gasteiger partial charge in [0.05, 0.1) is 0 Å². The molecule has 1 fully saturated rings. The molecule has 0 saturated carbocycles. The molecule has 3 rings (SSSR count). The van der Waals surface area contributed by atoms with Gasteiger partial charge in [0.2, 0.25) is 0 Å². The number of hydrogen-bond donors (Lipinski definition) is 1. The highest BCUT2D eigenvalue weighted by Gasteiger charge is 2.28. The van der Waals surface area contributed by atoms with Crippen LogP contribution >= 0.6 is 0 Å². The van der Waals surface area contributed by atoms with Gasteiger partial charge in [-0.3, -0.25) is 0 Å². The van der Waals surface area contributed by atoms with Gasteiger partial charge in [0.25, 0.3) is 0 Å². The third kappa shape index (κ3) is 4.09. The molecule has 1 amide bonds. The van der Waals surface area contributed by atoms with Gasteiger partial charge in [-0.05, 0) is 69.7 Å². The Balaban J connectivity index is 1.71. The Morgan fingerprint density at radius 2 is 1.84 bits per heavy atom. The molecule has 1 atom stereocenters. The zero-order chi connectivity index (χ0) is 18.2. The van der Waals surface area contributed by atoms with Crippen LogP contribution in [0.4, 0.5) is 10.5 Å². The SMILES string of the molecule is Cc1ccc(N2CCN(C(=O)OC(C)(C)C)CC2)c2c1CCC(N)C2. The van der Waals surface area contributed by atoms with Crippen LogP contribution in [0.2, 0.25) is 0 Å². The molecule has 1 aromatic rings. The van der Waals surface area contributed by atoms with Crippen molar-refractivity contribution in [3.8, 4) is 0 Å². The maximum absolute atomic E-state index is 12.2. The van der Waals surface area contributed by atoms with E-state index in [1.54, 1.807) is 0 Å². The van der Waals surface area contributed by atoms with Gasteiger partial charge in [0.1, 0.15) is 5.60 Å². The first-order valence-electron chi connectivity index (χ1n) is 9.34. The van der Waals surface area contributed by atoms with E-state index in [4.69, 9.17) is 10.5 Å². The van der Waals surface area contributed by atoms with Crippen molar-refractivity contribution >= 4 is 11.8 Å². The summed E-state index contributed by atoms with van der Waals surface area (Å²) >= 11 is 0. The van der Waals surface area contributed by atoms with Crippen LogP contribution in [0.15, 0.2) is 12.1 Å². The van der Waals surface area contributed by atoms with Gasteiger partial charge in [-0.25, -0.2) is 4.79 Å². The number of carbonyl (C=O) groups excluding carboxylic acids is 1. The van der Waals surface area contributed by atoms with E-state index >= 15 is 0 Å². The average molecular weight is 345 g/mol. The van der Waals surface area contributed by atoms with E-state index in [0.717, 1.165) is 32.4 Å². The van der Waals surface area contributed by atoms with Crippen LogP contribution in [-0.4, -0.2) is 48.8 Å². The van der Waals surface area contributed by atoms with Crippen LogP contribution in [0.3, 0.4) is 0 Å². The quantitative estimate of drug-likeness (QED) is 0.850.